The monoisotopic (exact) mass is 262 g/mol. The molecule has 0 radical (unpaired) electrons. The molecule has 1 amide bonds. The zero-order chi connectivity index (χ0) is 13.7. The number of nitrogens with one attached hydrogen (secondary N) is 1. The summed E-state index contributed by atoms with van der Waals surface area (Å²) in [6.45, 7) is 4.36. The molecule has 1 fully saturated rings. The third kappa shape index (κ3) is 3.52. The smallest absolute Gasteiger partial charge is 0.221 e. The summed E-state index contributed by atoms with van der Waals surface area (Å²) in [6.07, 6.45) is 5.08. The van der Waals surface area contributed by atoms with Gasteiger partial charge in [0.05, 0.1) is 6.04 Å². The van der Waals surface area contributed by atoms with E-state index < -0.39 is 0 Å². The third-order valence-corrected chi connectivity index (χ3v) is 3.64. The van der Waals surface area contributed by atoms with E-state index >= 15 is 0 Å². The number of carbonyl (C=O) groups is 1. The van der Waals surface area contributed by atoms with E-state index in [0.29, 0.717) is 13.0 Å². The summed E-state index contributed by atoms with van der Waals surface area (Å²) in [5.74, 6) is 0.123. The fourth-order valence-electron chi connectivity index (χ4n) is 2.57. The van der Waals surface area contributed by atoms with Crippen molar-refractivity contribution in [3.05, 3.63) is 30.1 Å². The van der Waals surface area contributed by atoms with Gasteiger partial charge in [-0.1, -0.05) is 13.0 Å². The molecule has 0 aliphatic carbocycles. The van der Waals surface area contributed by atoms with Crippen LogP contribution in [0.3, 0.4) is 0 Å². The number of hydrogen-bond acceptors (Lipinski definition) is 4. The Labute approximate surface area is 114 Å². The van der Waals surface area contributed by atoms with Crippen molar-refractivity contribution >= 4 is 5.91 Å². The highest BCUT2D eigenvalue weighted by Gasteiger charge is 2.27. The van der Waals surface area contributed by atoms with Crippen LogP contribution in [0.2, 0.25) is 0 Å². The SMILES string of the molecule is CCC(N)C(c1cccnc1)N1CCNC(=O)CC1. The summed E-state index contributed by atoms with van der Waals surface area (Å²) < 4.78 is 0. The molecule has 19 heavy (non-hydrogen) atoms. The van der Waals surface area contributed by atoms with Gasteiger partial charge in [0.1, 0.15) is 0 Å². The predicted octanol–water partition coefficient (Wildman–Crippen LogP) is 0.682. The van der Waals surface area contributed by atoms with E-state index in [-0.39, 0.29) is 18.0 Å². The molecule has 1 saturated heterocycles. The first kappa shape index (κ1) is 14.0. The minimum atomic E-state index is 0.0532. The van der Waals surface area contributed by atoms with Crippen molar-refractivity contribution in [1.29, 1.82) is 0 Å². The summed E-state index contributed by atoms with van der Waals surface area (Å²) in [4.78, 5) is 17.9. The molecule has 1 aromatic heterocycles. The van der Waals surface area contributed by atoms with Gasteiger partial charge in [0, 0.05) is 44.5 Å². The maximum absolute atomic E-state index is 11.4. The van der Waals surface area contributed by atoms with Crippen molar-refractivity contribution in [3.8, 4) is 0 Å². The van der Waals surface area contributed by atoms with Crippen LogP contribution < -0.4 is 11.1 Å². The third-order valence-electron chi connectivity index (χ3n) is 3.64. The van der Waals surface area contributed by atoms with Crippen LogP contribution in [-0.2, 0) is 4.79 Å². The molecule has 104 valence electrons. The number of pyridine rings is 1. The first-order valence-corrected chi connectivity index (χ1v) is 6.88. The van der Waals surface area contributed by atoms with Crippen molar-refractivity contribution in [2.24, 2.45) is 5.73 Å². The molecule has 1 aromatic rings. The van der Waals surface area contributed by atoms with Gasteiger partial charge in [-0.15, -0.1) is 0 Å². The van der Waals surface area contributed by atoms with Crippen LogP contribution in [-0.4, -0.2) is 41.5 Å². The number of nitrogens with two attached hydrogens (primary N) is 1. The van der Waals surface area contributed by atoms with E-state index in [1.54, 1.807) is 6.20 Å². The van der Waals surface area contributed by atoms with E-state index in [1.807, 2.05) is 12.3 Å². The minimum absolute atomic E-state index is 0.0532. The first-order chi connectivity index (χ1) is 9.22. The second kappa shape index (κ2) is 6.63. The molecule has 2 rings (SSSR count). The van der Waals surface area contributed by atoms with Crippen molar-refractivity contribution in [3.63, 3.8) is 0 Å². The van der Waals surface area contributed by atoms with E-state index in [4.69, 9.17) is 5.73 Å². The molecule has 1 aliphatic rings. The van der Waals surface area contributed by atoms with Gasteiger partial charge in [-0.25, -0.2) is 0 Å². The van der Waals surface area contributed by atoms with E-state index in [2.05, 4.69) is 28.2 Å². The van der Waals surface area contributed by atoms with Crippen molar-refractivity contribution < 1.29 is 4.79 Å². The topological polar surface area (TPSA) is 71.2 Å². The lowest BCUT2D eigenvalue weighted by Crippen LogP contribution is -2.42. The normalized spacial score (nSPS) is 20.4. The molecule has 2 heterocycles. The molecule has 2 atom stereocenters. The highest BCUT2D eigenvalue weighted by Crippen LogP contribution is 2.25. The molecule has 0 bridgehead atoms. The maximum Gasteiger partial charge on any atom is 0.221 e. The number of hydrogen-bond donors (Lipinski definition) is 2. The number of aromatic nitrogens is 1. The minimum Gasteiger partial charge on any atom is -0.355 e. The zero-order valence-electron chi connectivity index (χ0n) is 11.4. The molecular weight excluding hydrogens is 240 g/mol. The fraction of sp³-hybridized carbons (Fsp3) is 0.571. The number of rotatable bonds is 4. The second-order valence-electron chi connectivity index (χ2n) is 4.94. The lowest BCUT2D eigenvalue weighted by Gasteiger charge is -2.34. The number of amides is 1. The lowest BCUT2D eigenvalue weighted by molar-refractivity contribution is -0.120. The quantitative estimate of drug-likeness (QED) is 0.837. The van der Waals surface area contributed by atoms with Crippen LogP contribution in [0.25, 0.3) is 0 Å². The van der Waals surface area contributed by atoms with Gasteiger partial charge in [0.25, 0.3) is 0 Å². The highest BCUT2D eigenvalue weighted by molar-refractivity contribution is 5.76. The van der Waals surface area contributed by atoms with Gasteiger partial charge < -0.3 is 11.1 Å². The summed E-state index contributed by atoms with van der Waals surface area (Å²) in [6, 6.07) is 4.18. The Balaban J connectivity index is 2.20. The van der Waals surface area contributed by atoms with Gasteiger partial charge in [0.2, 0.25) is 5.91 Å². The number of nitrogens with zero attached hydrogens (tertiary/aromatic N) is 2. The molecule has 5 heteroatoms. The Morgan fingerprint density at radius 1 is 1.53 bits per heavy atom. The Hall–Kier alpha value is -1.46. The maximum atomic E-state index is 11.4. The highest BCUT2D eigenvalue weighted by atomic mass is 16.1. The Kier molecular flexibility index (Phi) is 4.87. The Morgan fingerprint density at radius 3 is 3.05 bits per heavy atom. The number of carbonyl (C=O) groups excluding carboxylic acids is 1. The van der Waals surface area contributed by atoms with Gasteiger partial charge in [-0.2, -0.15) is 0 Å². The van der Waals surface area contributed by atoms with Crippen LogP contribution >= 0.6 is 0 Å². The summed E-state index contributed by atoms with van der Waals surface area (Å²) in [7, 11) is 0. The average Bonchev–Trinajstić information content (AvgIpc) is 2.65. The van der Waals surface area contributed by atoms with Crippen LogP contribution in [0.15, 0.2) is 24.5 Å². The van der Waals surface area contributed by atoms with Gasteiger partial charge >= 0.3 is 0 Å². The van der Waals surface area contributed by atoms with Crippen LogP contribution in [0.5, 0.6) is 0 Å². The Morgan fingerprint density at radius 2 is 2.37 bits per heavy atom. The molecule has 3 N–H and O–H groups in total. The molecule has 1 aliphatic heterocycles. The Bertz CT molecular complexity index is 409. The second-order valence-corrected chi connectivity index (χ2v) is 4.94. The van der Waals surface area contributed by atoms with E-state index in [1.165, 1.54) is 0 Å². The van der Waals surface area contributed by atoms with E-state index in [9.17, 15) is 4.79 Å². The lowest BCUT2D eigenvalue weighted by atomic mass is 9.97. The molecule has 5 nitrogen and oxygen atoms in total. The van der Waals surface area contributed by atoms with Crippen molar-refractivity contribution in [2.75, 3.05) is 19.6 Å². The summed E-state index contributed by atoms with van der Waals surface area (Å²) in [5, 5.41) is 2.90. The van der Waals surface area contributed by atoms with Crippen molar-refractivity contribution in [1.82, 2.24) is 15.2 Å². The molecule has 0 aromatic carbocycles. The molecule has 0 spiro atoms. The van der Waals surface area contributed by atoms with Gasteiger partial charge in [-0.3, -0.25) is 14.7 Å². The average molecular weight is 262 g/mol. The first-order valence-electron chi connectivity index (χ1n) is 6.88. The standard InChI is InChI=1S/C14H22N4O/c1-2-12(15)14(11-4-3-6-16-10-11)18-8-5-13(19)17-7-9-18/h3-4,6,10,12,14H,2,5,7-9,15H2,1H3,(H,17,19). The van der Waals surface area contributed by atoms with Gasteiger partial charge in [0.15, 0.2) is 0 Å². The van der Waals surface area contributed by atoms with Crippen LogP contribution in [0, 0.1) is 0 Å². The zero-order valence-corrected chi connectivity index (χ0v) is 11.4. The van der Waals surface area contributed by atoms with Crippen LogP contribution in [0.4, 0.5) is 0 Å². The fourth-order valence-corrected chi connectivity index (χ4v) is 2.57. The predicted molar refractivity (Wildman–Crippen MR) is 74.4 cm³/mol. The van der Waals surface area contributed by atoms with Gasteiger partial charge in [-0.05, 0) is 18.1 Å². The summed E-state index contributed by atoms with van der Waals surface area (Å²) in [5.41, 5.74) is 7.42. The molecule has 2 unspecified atom stereocenters. The summed E-state index contributed by atoms with van der Waals surface area (Å²) >= 11 is 0. The van der Waals surface area contributed by atoms with Crippen molar-refractivity contribution in [2.45, 2.75) is 31.8 Å². The largest absolute Gasteiger partial charge is 0.355 e. The van der Waals surface area contributed by atoms with Crippen LogP contribution in [0.1, 0.15) is 31.4 Å². The molecular formula is C14H22N4O. The van der Waals surface area contributed by atoms with E-state index in [0.717, 1.165) is 25.1 Å². The molecule has 0 saturated carbocycles.